The van der Waals surface area contributed by atoms with Gasteiger partial charge in [0.1, 0.15) is 0 Å². The number of carbonyl (C=O) groups excluding carboxylic acids is 1. The van der Waals surface area contributed by atoms with Gasteiger partial charge in [0, 0.05) is 5.41 Å². The van der Waals surface area contributed by atoms with Gasteiger partial charge < -0.3 is 18.9 Å². The van der Waals surface area contributed by atoms with Crippen molar-refractivity contribution in [3.63, 3.8) is 0 Å². The molecule has 0 aromatic rings. The summed E-state index contributed by atoms with van der Waals surface area (Å²) in [6.07, 6.45) is 0.127. The molecule has 3 fully saturated rings. The predicted molar refractivity (Wildman–Crippen MR) is 68.3 cm³/mol. The molecule has 1 unspecified atom stereocenters. The van der Waals surface area contributed by atoms with Crippen molar-refractivity contribution >= 4 is 5.97 Å². The third kappa shape index (κ3) is 2.64. The van der Waals surface area contributed by atoms with E-state index in [0.717, 1.165) is 0 Å². The number of fused-ring (bicyclic) bond motifs is 3. The average Bonchev–Trinajstić information content (AvgIpc) is 2.39. The van der Waals surface area contributed by atoms with Gasteiger partial charge in [-0.05, 0) is 27.2 Å². The van der Waals surface area contributed by atoms with Crippen LogP contribution in [0.5, 0.6) is 0 Å². The van der Waals surface area contributed by atoms with Crippen LogP contribution in [0.15, 0.2) is 0 Å². The first-order valence-corrected chi connectivity index (χ1v) is 6.86. The van der Waals surface area contributed by atoms with Gasteiger partial charge >= 0.3 is 11.9 Å². The smallest absolute Gasteiger partial charge is 0.322 e. The molecule has 5 heteroatoms. The Labute approximate surface area is 114 Å². The molecule has 5 nitrogen and oxygen atoms in total. The van der Waals surface area contributed by atoms with Gasteiger partial charge in [-0.25, -0.2) is 0 Å². The molecule has 0 radical (unpaired) electrons. The molecule has 3 saturated heterocycles. The molecule has 2 bridgehead atoms. The Morgan fingerprint density at radius 3 is 2.16 bits per heavy atom. The zero-order valence-electron chi connectivity index (χ0n) is 12.4. The highest BCUT2D eigenvalue weighted by Gasteiger charge is 2.55. The minimum Gasteiger partial charge on any atom is -0.454 e. The van der Waals surface area contributed by atoms with Gasteiger partial charge in [-0.1, -0.05) is 13.8 Å². The summed E-state index contributed by atoms with van der Waals surface area (Å²) in [6, 6.07) is 0. The summed E-state index contributed by atoms with van der Waals surface area (Å²) < 4.78 is 22.4. The quantitative estimate of drug-likeness (QED) is 0.733. The largest absolute Gasteiger partial charge is 0.454 e. The van der Waals surface area contributed by atoms with Crippen LogP contribution in [0, 0.1) is 10.8 Å². The lowest BCUT2D eigenvalue weighted by Gasteiger charge is -2.51. The summed E-state index contributed by atoms with van der Waals surface area (Å²) >= 11 is 0. The molecule has 0 saturated carbocycles. The number of hydrogen-bond acceptors (Lipinski definition) is 5. The highest BCUT2D eigenvalue weighted by molar-refractivity contribution is 5.76. The Morgan fingerprint density at radius 1 is 1.26 bits per heavy atom. The van der Waals surface area contributed by atoms with E-state index in [9.17, 15) is 4.79 Å². The molecule has 3 rings (SSSR count). The molecular formula is C14H24O5. The van der Waals surface area contributed by atoms with Crippen molar-refractivity contribution < 1.29 is 23.7 Å². The zero-order chi connectivity index (χ0) is 14.3. The Bertz CT molecular complexity index is 338. The van der Waals surface area contributed by atoms with Gasteiger partial charge in [-0.3, -0.25) is 4.79 Å². The number of rotatable bonds is 4. The fourth-order valence-electron chi connectivity index (χ4n) is 1.96. The van der Waals surface area contributed by atoms with Gasteiger partial charge in [-0.15, -0.1) is 0 Å². The molecule has 19 heavy (non-hydrogen) atoms. The summed E-state index contributed by atoms with van der Waals surface area (Å²) in [5.41, 5.74) is -0.600. The summed E-state index contributed by atoms with van der Waals surface area (Å²) in [7, 11) is 0. The van der Waals surface area contributed by atoms with Crippen molar-refractivity contribution in [2.24, 2.45) is 10.8 Å². The monoisotopic (exact) mass is 272 g/mol. The first-order valence-electron chi connectivity index (χ1n) is 6.86. The third-order valence-electron chi connectivity index (χ3n) is 4.08. The van der Waals surface area contributed by atoms with Crippen LogP contribution in [-0.4, -0.2) is 37.9 Å². The van der Waals surface area contributed by atoms with Crippen LogP contribution in [0.4, 0.5) is 0 Å². The lowest BCUT2D eigenvalue weighted by Crippen LogP contribution is -2.64. The molecule has 3 aliphatic heterocycles. The van der Waals surface area contributed by atoms with Crippen LogP contribution in [0.2, 0.25) is 0 Å². The third-order valence-corrected chi connectivity index (χ3v) is 4.08. The Kier molecular flexibility index (Phi) is 3.66. The van der Waals surface area contributed by atoms with E-state index in [0.29, 0.717) is 26.2 Å². The van der Waals surface area contributed by atoms with E-state index in [1.807, 2.05) is 27.7 Å². The van der Waals surface area contributed by atoms with Crippen LogP contribution in [0.3, 0.4) is 0 Å². The van der Waals surface area contributed by atoms with E-state index in [-0.39, 0.29) is 11.4 Å². The minimum absolute atomic E-state index is 0.0891. The Hall–Kier alpha value is -0.650. The van der Waals surface area contributed by atoms with Crippen LogP contribution in [0.1, 0.15) is 41.0 Å². The second-order valence-electron chi connectivity index (χ2n) is 6.57. The second kappa shape index (κ2) is 4.72. The van der Waals surface area contributed by atoms with Crippen LogP contribution in [0.25, 0.3) is 0 Å². The number of carbonyl (C=O) groups is 1. The van der Waals surface area contributed by atoms with Gasteiger partial charge in [0.25, 0.3) is 0 Å². The summed E-state index contributed by atoms with van der Waals surface area (Å²) in [5, 5.41) is 0. The fourth-order valence-corrected chi connectivity index (χ4v) is 1.96. The first-order chi connectivity index (χ1) is 8.73. The highest BCUT2D eigenvalue weighted by Crippen LogP contribution is 2.41. The predicted octanol–water partition coefficient (Wildman–Crippen LogP) is 2.09. The molecule has 110 valence electrons. The molecule has 0 aliphatic carbocycles. The summed E-state index contributed by atoms with van der Waals surface area (Å²) in [5.74, 6) is -1.48. The molecule has 0 amide bonds. The molecule has 3 heterocycles. The van der Waals surface area contributed by atoms with Crippen molar-refractivity contribution in [2.75, 3.05) is 19.8 Å². The Balaban J connectivity index is 2.01. The first kappa shape index (κ1) is 14.8. The van der Waals surface area contributed by atoms with E-state index in [2.05, 4.69) is 0 Å². The maximum Gasteiger partial charge on any atom is 0.322 e. The van der Waals surface area contributed by atoms with Gasteiger partial charge in [0.2, 0.25) is 0 Å². The van der Waals surface area contributed by atoms with Crippen molar-refractivity contribution in [2.45, 2.75) is 53.1 Å². The summed E-state index contributed by atoms with van der Waals surface area (Å²) in [6.45, 7) is 11.2. The molecule has 0 aromatic carbocycles. The lowest BCUT2D eigenvalue weighted by atomic mass is 9.90. The Morgan fingerprint density at radius 2 is 1.74 bits per heavy atom. The van der Waals surface area contributed by atoms with E-state index >= 15 is 0 Å². The van der Waals surface area contributed by atoms with E-state index in [1.54, 1.807) is 6.92 Å². The molecule has 0 spiro atoms. The molecular weight excluding hydrogens is 248 g/mol. The van der Waals surface area contributed by atoms with Crippen LogP contribution in [-0.2, 0) is 23.7 Å². The standard InChI is InChI=1S/C14H24O5/c1-6-12(3,4)11(15)19-10(2)14-16-7-13(5,8-17-14)9-18-14/h10H,6-9H2,1-5H3. The molecule has 1 atom stereocenters. The van der Waals surface area contributed by atoms with Gasteiger partial charge in [0.15, 0.2) is 6.10 Å². The van der Waals surface area contributed by atoms with Gasteiger partial charge in [0.05, 0.1) is 25.2 Å². The molecule has 0 aromatic heterocycles. The second-order valence-corrected chi connectivity index (χ2v) is 6.57. The SMILES string of the molecule is CCC(C)(C)C(=O)OC(C)C12OCC(C)(CO1)CO2. The number of ether oxygens (including phenoxy) is 4. The maximum atomic E-state index is 12.1. The van der Waals surface area contributed by atoms with E-state index in [4.69, 9.17) is 18.9 Å². The topological polar surface area (TPSA) is 54.0 Å². The molecule has 3 aliphatic rings. The van der Waals surface area contributed by atoms with Crippen molar-refractivity contribution in [3.8, 4) is 0 Å². The van der Waals surface area contributed by atoms with Crippen LogP contribution < -0.4 is 0 Å². The normalized spacial score (nSPS) is 36.1. The van der Waals surface area contributed by atoms with E-state index < -0.39 is 17.5 Å². The van der Waals surface area contributed by atoms with Crippen LogP contribution >= 0.6 is 0 Å². The molecule has 0 N–H and O–H groups in total. The average molecular weight is 272 g/mol. The van der Waals surface area contributed by atoms with E-state index in [1.165, 1.54) is 0 Å². The minimum atomic E-state index is -1.22. The number of esters is 1. The highest BCUT2D eigenvalue weighted by atomic mass is 16.9. The lowest BCUT2D eigenvalue weighted by molar-refractivity contribution is -0.486. The zero-order valence-corrected chi connectivity index (χ0v) is 12.4. The fraction of sp³-hybridized carbons (Fsp3) is 0.929. The van der Waals surface area contributed by atoms with Crippen molar-refractivity contribution in [1.82, 2.24) is 0 Å². The maximum absolute atomic E-state index is 12.1. The number of hydrogen-bond donors (Lipinski definition) is 0. The van der Waals surface area contributed by atoms with Crippen molar-refractivity contribution in [1.29, 1.82) is 0 Å². The van der Waals surface area contributed by atoms with Gasteiger partial charge in [-0.2, -0.15) is 0 Å². The summed E-state index contributed by atoms with van der Waals surface area (Å²) in [4.78, 5) is 12.1. The van der Waals surface area contributed by atoms with Crippen molar-refractivity contribution in [3.05, 3.63) is 0 Å².